The molecule has 0 heterocycles. The van der Waals surface area contributed by atoms with Crippen LogP contribution in [0.5, 0.6) is 0 Å². The molecular weight excluding hydrogens is 491 g/mol. The maximum absolute atomic E-state index is 10.4. The number of unbranched alkanes of at least 4 members (excludes halogenated alkanes) is 31. The quantitative estimate of drug-likeness (QED) is 0.0595. The Labute approximate surface area is 283 Å². The zero-order valence-corrected chi connectivity index (χ0v) is 29.8. The van der Waals surface area contributed by atoms with E-state index >= 15 is 0 Å². The zero-order chi connectivity index (χ0) is 26.9. The van der Waals surface area contributed by atoms with E-state index in [1.165, 1.54) is 193 Å². The van der Waals surface area contributed by atoms with E-state index in [4.69, 9.17) is 0 Å². The minimum absolute atomic E-state index is 0. The molecule has 0 radical (unpaired) electrons. The van der Waals surface area contributed by atoms with Gasteiger partial charge < -0.3 is 9.90 Å². The molecule has 0 unspecified atom stereocenters. The Morgan fingerprint density at radius 1 is 0.342 bits per heavy atom. The summed E-state index contributed by atoms with van der Waals surface area (Å²) in [6.07, 6.45) is 45.1. The Hall–Kier alpha value is 1.11. The molecule has 0 bridgehead atoms. The second-order valence-electron chi connectivity index (χ2n) is 12.1. The van der Waals surface area contributed by atoms with Gasteiger partial charge in [-0.1, -0.05) is 206 Å². The first-order chi connectivity index (χ1) is 18.3. The Bertz CT molecular complexity index is 426. The molecule has 0 saturated heterocycles. The van der Waals surface area contributed by atoms with Crippen LogP contribution in [0.1, 0.15) is 219 Å². The summed E-state index contributed by atoms with van der Waals surface area (Å²) in [6, 6.07) is 0. The van der Waals surface area contributed by atoms with Crippen molar-refractivity contribution in [3.05, 3.63) is 0 Å². The number of carbonyl (C=O) groups excluding carboxylic acids is 1. The molecule has 0 fully saturated rings. The van der Waals surface area contributed by atoms with Gasteiger partial charge in [0.25, 0.3) is 0 Å². The third-order valence-electron chi connectivity index (χ3n) is 8.23. The van der Waals surface area contributed by atoms with E-state index in [2.05, 4.69) is 6.92 Å². The summed E-state index contributed by atoms with van der Waals surface area (Å²) in [5.74, 6) is -0.898. The van der Waals surface area contributed by atoms with E-state index in [1.54, 1.807) is 0 Å². The Balaban J connectivity index is 0. The third kappa shape index (κ3) is 39.3. The molecular formula is C35H69KO2. The minimum Gasteiger partial charge on any atom is -0.550 e. The van der Waals surface area contributed by atoms with Crippen molar-refractivity contribution in [2.45, 2.75) is 219 Å². The summed E-state index contributed by atoms with van der Waals surface area (Å²) in [4.78, 5) is 10.4. The SMILES string of the molecule is CCCCCCCCCCCCCCCCCCCCCCCCCCCCCCCCCCC(=O)[O-].[K+]. The molecule has 0 aliphatic heterocycles. The number of aliphatic carboxylic acids is 1. The molecule has 0 atom stereocenters. The van der Waals surface area contributed by atoms with Crippen molar-refractivity contribution in [2.75, 3.05) is 0 Å². The Kier molecular flexibility index (Phi) is 41.4. The third-order valence-corrected chi connectivity index (χ3v) is 8.23. The zero-order valence-electron chi connectivity index (χ0n) is 26.7. The number of carboxylic acid groups (broad SMARTS) is 1. The van der Waals surface area contributed by atoms with Crippen molar-refractivity contribution < 1.29 is 61.3 Å². The molecule has 0 amide bonds. The summed E-state index contributed by atoms with van der Waals surface area (Å²) < 4.78 is 0. The topological polar surface area (TPSA) is 40.1 Å². The minimum atomic E-state index is -0.898. The molecule has 3 heteroatoms. The Morgan fingerprint density at radius 3 is 0.658 bits per heavy atom. The van der Waals surface area contributed by atoms with Gasteiger partial charge in [0.05, 0.1) is 0 Å². The molecule has 0 aliphatic rings. The number of rotatable bonds is 33. The van der Waals surface area contributed by atoms with Crippen molar-refractivity contribution in [1.82, 2.24) is 0 Å². The average Bonchev–Trinajstić information content (AvgIpc) is 2.89. The van der Waals surface area contributed by atoms with Crippen LogP contribution in [-0.2, 0) is 4.79 Å². The summed E-state index contributed by atoms with van der Waals surface area (Å²) in [5.41, 5.74) is 0. The van der Waals surface area contributed by atoms with Crippen LogP contribution in [0.2, 0.25) is 0 Å². The van der Waals surface area contributed by atoms with E-state index in [0.717, 1.165) is 12.8 Å². The van der Waals surface area contributed by atoms with E-state index < -0.39 is 5.97 Å². The van der Waals surface area contributed by atoms with E-state index in [9.17, 15) is 9.90 Å². The molecule has 0 saturated carbocycles. The maximum atomic E-state index is 10.4. The molecule has 0 N–H and O–H groups in total. The fraction of sp³-hybridized carbons (Fsp3) is 0.971. The second-order valence-corrected chi connectivity index (χ2v) is 12.1. The molecule has 0 aromatic carbocycles. The normalized spacial score (nSPS) is 11.1. The van der Waals surface area contributed by atoms with Crippen LogP contribution in [0, 0.1) is 0 Å². The smallest absolute Gasteiger partial charge is 0.550 e. The van der Waals surface area contributed by atoms with Gasteiger partial charge in [0.15, 0.2) is 0 Å². The van der Waals surface area contributed by atoms with Gasteiger partial charge in [0.1, 0.15) is 0 Å². The van der Waals surface area contributed by atoms with Crippen molar-refractivity contribution in [2.24, 2.45) is 0 Å². The van der Waals surface area contributed by atoms with Crippen LogP contribution in [0.3, 0.4) is 0 Å². The van der Waals surface area contributed by atoms with Crippen LogP contribution in [0.25, 0.3) is 0 Å². The Morgan fingerprint density at radius 2 is 0.500 bits per heavy atom. The predicted molar refractivity (Wildman–Crippen MR) is 163 cm³/mol. The second kappa shape index (κ2) is 38.1. The summed E-state index contributed by atoms with van der Waals surface area (Å²) >= 11 is 0. The fourth-order valence-corrected chi connectivity index (χ4v) is 5.65. The van der Waals surface area contributed by atoms with Gasteiger partial charge in [-0.2, -0.15) is 0 Å². The fourth-order valence-electron chi connectivity index (χ4n) is 5.65. The van der Waals surface area contributed by atoms with E-state index in [-0.39, 0.29) is 57.8 Å². The molecule has 0 rings (SSSR count). The number of hydrogen-bond donors (Lipinski definition) is 0. The molecule has 222 valence electrons. The molecule has 0 spiro atoms. The predicted octanol–water partition coefficient (Wildman–Crippen LogP) is 8.63. The van der Waals surface area contributed by atoms with E-state index in [0.29, 0.717) is 0 Å². The number of carboxylic acids is 1. The van der Waals surface area contributed by atoms with E-state index in [1.807, 2.05) is 0 Å². The summed E-state index contributed by atoms with van der Waals surface area (Å²) in [5, 5.41) is 10.4. The van der Waals surface area contributed by atoms with Gasteiger partial charge in [0, 0.05) is 5.97 Å². The van der Waals surface area contributed by atoms with Crippen molar-refractivity contribution in [1.29, 1.82) is 0 Å². The van der Waals surface area contributed by atoms with Gasteiger partial charge in [-0.3, -0.25) is 0 Å². The first-order valence-corrected chi connectivity index (χ1v) is 17.5. The maximum Gasteiger partial charge on any atom is 1.00 e. The van der Waals surface area contributed by atoms with Gasteiger partial charge in [-0.05, 0) is 12.8 Å². The van der Waals surface area contributed by atoms with Gasteiger partial charge >= 0.3 is 51.4 Å². The summed E-state index contributed by atoms with van der Waals surface area (Å²) in [6.45, 7) is 2.30. The van der Waals surface area contributed by atoms with Crippen molar-refractivity contribution in [3.8, 4) is 0 Å². The standard InChI is InChI=1S/C35H70O2.K/c1-2-3-4-5-6-7-8-9-10-11-12-13-14-15-16-17-18-19-20-21-22-23-24-25-26-27-28-29-30-31-32-33-34-35(36)37;/h2-34H2,1H3,(H,36,37);/q;+1/p-1. The molecule has 0 aromatic rings. The monoisotopic (exact) mass is 560 g/mol. The molecule has 2 nitrogen and oxygen atoms in total. The van der Waals surface area contributed by atoms with Crippen LogP contribution in [0.15, 0.2) is 0 Å². The average molecular weight is 561 g/mol. The largest absolute Gasteiger partial charge is 1.00 e. The number of hydrogen-bond acceptors (Lipinski definition) is 2. The first-order valence-electron chi connectivity index (χ1n) is 17.5. The first kappa shape index (κ1) is 41.2. The van der Waals surface area contributed by atoms with Crippen molar-refractivity contribution >= 4 is 5.97 Å². The van der Waals surface area contributed by atoms with Crippen LogP contribution < -0.4 is 56.5 Å². The van der Waals surface area contributed by atoms with Gasteiger partial charge in [-0.15, -0.1) is 0 Å². The van der Waals surface area contributed by atoms with Crippen LogP contribution in [0.4, 0.5) is 0 Å². The molecule has 0 aromatic heterocycles. The van der Waals surface area contributed by atoms with Gasteiger partial charge in [-0.25, -0.2) is 0 Å². The van der Waals surface area contributed by atoms with Crippen LogP contribution >= 0.6 is 0 Å². The van der Waals surface area contributed by atoms with Crippen molar-refractivity contribution in [3.63, 3.8) is 0 Å². The molecule has 0 aliphatic carbocycles. The number of carbonyl (C=O) groups is 1. The van der Waals surface area contributed by atoms with Gasteiger partial charge in [0.2, 0.25) is 0 Å². The molecule has 38 heavy (non-hydrogen) atoms. The summed E-state index contributed by atoms with van der Waals surface area (Å²) in [7, 11) is 0. The van der Waals surface area contributed by atoms with Crippen LogP contribution in [-0.4, -0.2) is 5.97 Å².